The maximum atomic E-state index is 12.1. The van der Waals surface area contributed by atoms with Crippen LogP contribution in [0.5, 0.6) is 5.75 Å². The lowest BCUT2D eigenvalue weighted by molar-refractivity contribution is 0.102. The Bertz CT molecular complexity index is 702. The third-order valence-corrected chi connectivity index (χ3v) is 3.32. The molecule has 0 saturated carbocycles. The van der Waals surface area contributed by atoms with Crippen LogP contribution in [0.2, 0.25) is 0 Å². The smallest absolute Gasteiger partial charge is 0.318 e. The predicted octanol–water partition coefficient (Wildman–Crippen LogP) is 3.16. The lowest BCUT2D eigenvalue weighted by atomic mass is 10.2. The second-order valence-corrected chi connectivity index (χ2v) is 5.31. The van der Waals surface area contributed by atoms with Gasteiger partial charge in [-0.05, 0) is 42.5 Å². The van der Waals surface area contributed by atoms with Crippen molar-refractivity contribution in [3.63, 3.8) is 0 Å². The minimum Gasteiger partial charge on any atom is -0.507 e. The van der Waals surface area contributed by atoms with E-state index in [1.54, 1.807) is 30.3 Å². The molecule has 3 amide bonds. The summed E-state index contributed by atoms with van der Waals surface area (Å²) in [5.74, 6) is -0.524. The number of amides is 3. The van der Waals surface area contributed by atoms with Gasteiger partial charge >= 0.3 is 6.03 Å². The van der Waals surface area contributed by atoms with Crippen LogP contribution in [0.4, 0.5) is 16.2 Å². The van der Waals surface area contributed by atoms with Crippen LogP contribution in [0, 0.1) is 0 Å². The number of hydrogen-bond donors (Lipinski definition) is 4. The summed E-state index contributed by atoms with van der Waals surface area (Å²) >= 11 is 3.25. The van der Waals surface area contributed by atoms with Gasteiger partial charge in [0.25, 0.3) is 5.91 Å². The van der Waals surface area contributed by atoms with Gasteiger partial charge in [-0.25, -0.2) is 4.79 Å². The van der Waals surface area contributed by atoms with Gasteiger partial charge in [-0.1, -0.05) is 15.9 Å². The number of nitrogens with one attached hydrogen (secondary N) is 3. The molecule has 114 valence electrons. The first-order valence-electron chi connectivity index (χ1n) is 6.38. The molecule has 0 aromatic heterocycles. The Labute approximate surface area is 135 Å². The Kier molecular flexibility index (Phi) is 5.00. The molecule has 2 rings (SSSR count). The molecular formula is C15H14BrN3O3. The summed E-state index contributed by atoms with van der Waals surface area (Å²) in [6.45, 7) is 0. The molecule has 7 heteroatoms. The summed E-state index contributed by atoms with van der Waals surface area (Å²) in [4.78, 5) is 23.3. The van der Waals surface area contributed by atoms with E-state index in [2.05, 4.69) is 31.9 Å². The number of rotatable bonds is 3. The molecule has 0 radical (unpaired) electrons. The maximum Gasteiger partial charge on any atom is 0.318 e. The molecular weight excluding hydrogens is 350 g/mol. The van der Waals surface area contributed by atoms with Gasteiger partial charge in [0, 0.05) is 22.9 Å². The monoisotopic (exact) mass is 363 g/mol. The van der Waals surface area contributed by atoms with Gasteiger partial charge in [0.2, 0.25) is 0 Å². The van der Waals surface area contributed by atoms with Crippen LogP contribution in [0.25, 0.3) is 0 Å². The summed E-state index contributed by atoms with van der Waals surface area (Å²) in [5.41, 5.74) is 1.32. The van der Waals surface area contributed by atoms with Crippen LogP contribution in [0.1, 0.15) is 10.4 Å². The normalized spacial score (nSPS) is 9.91. The van der Waals surface area contributed by atoms with E-state index in [0.29, 0.717) is 15.8 Å². The van der Waals surface area contributed by atoms with E-state index in [-0.39, 0.29) is 17.3 Å². The highest BCUT2D eigenvalue weighted by atomic mass is 79.9. The lowest BCUT2D eigenvalue weighted by Crippen LogP contribution is -2.24. The predicted molar refractivity (Wildman–Crippen MR) is 88.3 cm³/mol. The van der Waals surface area contributed by atoms with E-state index >= 15 is 0 Å². The van der Waals surface area contributed by atoms with E-state index in [9.17, 15) is 14.7 Å². The molecule has 2 aromatic rings. The number of benzene rings is 2. The third kappa shape index (κ3) is 3.98. The van der Waals surface area contributed by atoms with Gasteiger partial charge in [0.15, 0.2) is 0 Å². The fraction of sp³-hybridized carbons (Fsp3) is 0.0667. The van der Waals surface area contributed by atoms with Crippen LogP contribution in [0.15, 0.2) is 46.9 Å². The van der Waals surface area contributed by atoms with Crippen molar-refractivity contribution in [3.05, 3.63) is 52.5 Å². The van der Waals surface area contributed by atoms with Gasteiger partial charge in [-0.2, -0.15) is 0 Å². The van der Waals surface area contributed by atoms with Crippen LogP contribution >= 0.6 is 15.9 Å². The van der Waals surface area contributed by atoms with Crippen LogP contribution in [-0.4, -0.2) is 24.1 Å². The quantitative estimate of drug-likeness (QED) is 0.674. The Balaban J connectivity index is 2.08. The average molecular weight is 364 g/mol. The topological polar surface area (TPSA) is 90.5 Å². The summed E-state index contributed by atoms with van der Waals surface area (Å²) in [6.07, 6.45) is 0. The van der Waals surface area contributed by atoms with Crippen molar-refractivity contribution in [2.75, 3.05) is 17.7 Å². The minimum atomic E-state index is -0.425. The van der Waals surface area contributed by atoms with Crippen LogP contribution < -0.4 is 16.0 Å². The largest absolute Gasteiger partial charge is 0.507 e. The summed E-state index contributed by atoms with van der Waals surface area (Å²) in [7, 11) is 1.52. The average Bonchev–Trinajstić information content (AvgIpc) is 2.51. The Morgan fingerprint density at radius 3 is 2.18 bits per heavy atom. The fourth-order valence-electron chi connectivity index (χ4n) is 1.72. The SMILES string of the molecule is CNC(=O)Nc1ccc(NC(=O)c2cc(Br)ccc2O)cc1. The molecule has 4 N–H and O–H groups in total. The van der Waals surface area contributed by atoms with Gasteiger partial charge < -0.3 is 21.1 Å². The molecule has 0 unspecified atom stereocenters. The summed E-state index contributed by atoms with van der Waals surface area (Å²) in [6, 6.07) is 10.9. The van der Waals surface area contributed by atoms with Gasteiger partial charge in [-0.15, -0.1) is 0 Å². The minimum absolute atomic E-state index is 0.0985. The lowest BCUT2D eigenvalue weighted by Gasteiger charge is -2.09. The highest BCUT2D eigenvalue weighted by Gasteiger charge is 2.12. The Hall–Kier alpha value is -2.54. The molecule has 0 aliphatic carbocycles. The molecule has 0 aliphatic heterocycles. The fourth-order valence-corrected chi connectivity index (χ4v) is 2.08. The number of phenolic OH excluding ortho intramolecular Hbond substituents is 1. The molecule has 2 aromatic carbocycles. The number of aromatic hydroxyl groups is 1. The molecule has 0 atom stereocenters. The highest BCUT2D eigenvalue weighted by molar-refractivity contribution is 9.10. The number of carbonyl (C=O) groups is 2. The molecule has 0 bridgehead atoms. The van der Waals surface area contributed by atoms with E-state index in [4.69, 9.17) is 0 Å². The molecule has 0 aliphatic rings. The van der Waals surface area contributed by atoms with Crippen molar-refractivity contribution < 1.29 is 14.7 Å². The summed E-state index contributed by atoms with van der Waals surface area (Å²) in [5, 5.41) is 17.4. The molecule has 6 nitrogen and oxygen atoms in total. The van der Waals surface area contributed by atoms with Crippen molar-refractivity contribution in [2.24, 2.45) is 0 Å². The zero-order chi connectivity index (χ0) is 16.1. The Morgan fingerprint density at radius 2 is 1.59 bits per heavy atom. The third-order valence-electron chi connectivity index (χ3n) is 2.83. The Morgan fingerprint density at radius 1 is 1.00 bits per heavy atom. The molecule has 0 spiro atoms. The van der Waals surface area contributed by atoms with Crippen molar-refractivity contribution in [1.82, 2.24) is 5.32 Å². The van der Waals surface area contributed by atoms with E-state index < -0.39 is 5.91 Å². The molecule has 0 saturated heterocycles. The van der Waals surface area contributed by atoms with Crippen LogP contribution in [0.3, 0.4) is 0 Å². The number of carbonyl (C=O) groups excluding carboxylic acids is 2. The maximum absolute atomic E-state index is 12.1. The standard InChI is InChI=1S/C15H14BrN3O3/c1-17-15(22)19-11-5-3-10(4-6-11)18-14(21)12-8-9(16)2-7-13(12)20/h2-8,20H,1H3,(H,18,21)(H2,17,19,22). The van der Waals surface area contributed by atoms with Gasteiger partial charge in [0.05, 0.1) is 5.56 Å². The van der Waals surface area contributed by atoms with Crippen molar-refractivity contribution in [2.45, 2.75) is 0 Å². The molecule has 0 fully saturated rings. The number of urea groups is 1. The second kappa shape index (κ2) is 6.95. The van der Waals surface area contributed by atoms with Gasteiger partial charge in [-0.3, -0.25) is 4.79 Å². The number of hydrogen-bond acceptors (Lipinski definition) is 3. The van der Waals surface area contributed by atoms with E-state index in [0.717, 1.165) is 0 Å². The number of phenols is 1. The van der Waals surface area contributed by atoms with E-state index in [1.165, 1.54) is 19.2 Å². The van der Waals surface area contributed by atoms with Crippen LogP contribution in [-0.2, 0) is 0 Å². The zero-order valence-electron chi connectivity index (χ0n) is 11.7. The van der Waals surface area contributed by atoms with Crippen molar-refractivity contribution in [1.29, 1.82) is 0 Å². The van der Waals surface area contributed by atoms with Crippen molar-refractivity contribution in [3.8, 4) is 5.75 Å². The highest BCUT2D eigenvalue weighted by Crippen LogP contribution is 2.23. The molecule has 0 heterocycles. The first-order chi connectivity index (χ1) is 10.5. The zero-order valence-corrected chi connectivity index (χ0v) is 13.3. The first-order valence-corrected chi connectivity index (χ1v) is 7.17. The number of halogens is 1. The van der Waals surface area contributed by atoms with Crippen molar-refractivity contribution >= 4 is 39.2 Å². The second-order valence-electron chi connectivity index (χ2n) is 4.40. The molecule has 22 heavy (non-hydrogen) atoms. The van der Waals surface area contributed by atoms with Gasteiger partial charge in [0.1, 0.15) is 5.75 Å². The summed E-state index contributed by atoms with van der Waals surface area (Å²) < 4.78 is 0.695. The first kappa shape index (κ1) is 15.8. The van der Waals surface area contributed by atoms with E-state index in [1.807, 2.05) is 0 Å². The number of anilines is 2.